The Morgan fingerprint density at radius 1 is 1.23 bits per heavy atom. The summed E-state index contributed by atoms with van der Waals surface area (Å²) in [6.07, 6.45) is 2.97. The molecule has 132 valence electrons. The number of amides is 1. The number of nitrogens with zero attached hydrogens (tertiary/aromatic N) is 2. The predicted molar refractivity (Wildman–Crippen MR) is 101 cm³/mol. The lowest BCUT2D eigenvalue weighted by molar-refractivity contribution is -0.116. The molecule has 0 unspecified atom stereocenters. The van der Waals surface area contributed by atoms with E-state index in [1.54, 1.807) is 10.9 Å². The SMILES string of the molecule is C=CC(=O)NCc1c(F)cc(-c2ccc(C)cc2)cc1-c1ccn(C)n1. The first-order valence-electron chi connectivity index (χ1n) is 8.27. The van der Waals surface area contributed by atoms with E-state index in [4.69, 9.17) is 0 Å². The number of hydrogen-bond donors (Lipinski definition) is 1. The number of nitrogens with one attached hydrogen (secondary N) is 1. The van der Waals surface area contributed by atoms with Crippen molar-refractivity contribution in [2.24, 2.45) is 7.05 Å². The van der Waals surface area contributed by atoms with Gasteiger partial charge in [-0.25, -0.2) is 4.39 Å². The van der Waals surface area contributed by atoms with Crippen LogP contribution in [0.4, 0.5) is 4.39 Å². The monoisotopic (exact) mass is 349 g/mol. The number of aromatic nitrogens is 2. The van der Waals surface area contributed by atoms with Crippen LogP contribution in [0.3, 0.4) is 0 Å². The second kappa shape index (κ2) is 7.35. The molecule has 0 radical (unpaired) electrons. The molecule has 0 atom stereocenters. The highest BCUT2D eigenvalue weighted by molar-refractivity contribution is 5.87. The van der Waals surface area contributed by atoms with Gasteiger partial charge in [-0.1, -0.05) is 36.4 Å². The summed E-state index contributed by atoms with van der Waals surface area (Å²) >= 11 is 0. The van der Waals surface area contributed by atoms with E-state index < -0.39 is 0 Å². The maximum Gasteiger partial charge on any atom is 0.243 e. The van der Waals surface area contributed by atoms with Crippen molar-refractivity contribution in [1.82, 2.24) is 15.1 Å². The van der Waals surface area contributed by atoms with Gasteiger partial charge in [-0.15, -0.1) is 0 Å². The summed E-state index contributed by atoms with van der Waals surface area (Å²) in [5.74, 6) is -0.730. The van der Waals surface area contributed by atoms with E-state index in [1.807, 2.05) is 50.4 Å². The average Bonchev–Trinajstić information content (AvgIpc) is 3.06. The number of carbonyl (C=O) groups is 1. The predicted octanol–water partition coefficient (Wildman–Crippen LogP) is 4.00. The van der Waals surface area contributed by atoms with Gasteiger partial charge in [0.1, 0.15) is 5.82 Å². The smallest absolute Gasteiger partial charge is 0.243 e. The van der Waals surface area contributed by atoms with Crippen LogP contribution >= 0.6 is 0 Å². The van der Waals surface area contributed by atoms with Crippen LogP contribution in [0.5, 0.6) is 0 Å². The Morgan fingerprint density at radius 2 is 1.96 bits per heavy atom. The van der Waals surface area contributed by atoms with E-state index >= 15 is 0 Å². The molecule has 0 bridgehead atoms. The van der Waals surface area contributed by atoms with Crippen LogP contribution in [0, 0.1) is 12.7 Å². The molecule has 26 heavy (non-hydrogen) atoms. The summed E-state index contributed by atoms with van der Waals surface area (Å²) in [4.78, 5) is 11.5. The number of benzene rings is 2. The summed E-state index contributed by atoms with van der Waals surface area (Å²) in [7, 11) is 1.81. The van der Waals surface area contributed by atoms with Gasteiger partial charge in [-0.2, -0.15) is 5.10 Å². The quantitative estimate of drug-likeness (QED) is 0.708. The van der Waals surface area contributed by atoms with Crippen molar-refractivity contribution in [3.8, 4) is 22.4 Å². The Hall–Kier alpha value is -3.21. The second-order valence-corrected chi connectivity index (χ2v) is 6.15. The lowest BCUT2D eigenvalue weighted by Crippen LogP contribution is -2.21. The third-order valence-corrected chi connectivity index (χ3v) is 4.19. The highest BCUT2D eigenvalue weighted by atomic mass is 19.1. The number of rotatable bonds is 5. The Balaban J connectivity index is 2.10. The minimum Gasteiger partial charge on any atom is -0.348 e. The van der Waals surface area contributed by atoms with Crippen LogP contribution in [0.2, 0.25) is 0 Å². The minimum absolute atomic E-state index is 0.0662. The molecule has 0 saturated heterocycles. The van der Waals surface area contributed by atoms with Crippen LogP contribution in [0.25, 0.3) is 22.4 Å². The Morgan fingerprint density at radius 3 is 2.58 bits per heavy atom. The van der Waals surface area contributed by atoms with E-state index in [-0.39, 0.29) is 18.3 Å². The van der Waals surface area contributed by atoms with Gasteiger partial charge < -0.3 is 5.32 Å². The molecule has 0 aliphatic heterocycles. The van der Waals surface area contributed by atoms with Gasteiger partial charge in [0.15, 0.2) is 0 Å². The Labute approximate surface area is 152 Å². The van der Waals surface area contributed by atoms with Gasteiger partial charge in [0.2, 0.25) is 5.91 Å². The standard InChI is InChI=1S/C21H20FN3O/c1-4-21(26)23-13-18-17(20-9-10-25(3)24-20)11-16(12-19(18)22)15-7-5-14(2)6-8-15/h4-12H,1,13H2,2-3H3,(H,23,26). The van der Waals surface area contributed by atoms with Gasteiger partial charge in [0, 0.05) is 30.9 Å². The Kier molecular flexibility index (Phi) is 4.98. The van der Waals surface area contributed by atoms with Crippen LogP contribution in [0.15, 0.2) is 61.3 Å². The zero-order chi connectivity index (χ0) is 18.7. The largest absolute Gasteiger partial charge is 0.348 e. The maximum absolute atomic E-state index is 14.9. The molecule has 3 rings (SSSR count). The van der Waals surface area contributed by atoms with E-state index in [0.29, 0.717) is 16.8 Å². The van der Waals surface area contributed by atoms with Crippen molar-refractivity contribution < 1.29 is 9.18 Å². The number of aryl methyl sites for hydroxylation is 2. The minimum atomic E-state index is -0.381. The first-order valence-corrected chi connectivity index (χ1v) is 8.27. The van der Waals surface area contributed by atoms with Crippen LogP contribution in [-0.4, -0.2) is 15.7 Å². The van der Waals surface area contributed by atoms with E-state index in [0.717, 1.165) is 16.7 Å². The molecule has 2 aromatic carbocycles. The lowest BCUT2D eigenvalue weighted by Gasteiger charge is -2.13. The molecule has 4 nitrogen and oxygen atoms in total. The normalized spacial score (nSPS) is 10.6. The molecule has 0 fully saturated rings. The van der Waals surface area contributed by atoms with Crippen molar-refractivity contribution in [3.63, 3.8) is 0 Å². The molecule has 5 heteroatoms. The van der Waals surface area contributed by atoms with E-state index in [2.05, 4.69) is 17.0 Å². The first kappa shape index (κ1) is 17.6. The number of carbonyl (C=O) groups excluding carboxylic acids is 1. The highest BCUT2D eigenvalue weighted by Crippen LogP contribution is 2.31. The Bertz CT molecular complexity index is 958. The summed E-state index contributed by atoms with van der Waals surface area (Å²) in [5, 5.41) is 7.04. The summed E-state index contributed by atoms with van der Waals surface area (Å²) in [6.45, 7) is 5.49. The fourth-order valence-corrected chi connectivity index (χ4v) is 2.76. The molecule has 0 spiro atoms. The third kappa shape index (κ3) is 3.72. The number of hydrogen-bond acceptors (Lipinski definition) is 2. The van der Waals surface area contributed by atoms with E-state index in [1.165, 1.54) is 12.1 Å². The third-order valence-electron chi connectivity index (χ3n) is 4.19. The van der Waals surface area contributed by atoms with Gasteiger partial charge in [-0.3, -0.25) is 9.48 Å². The second-order valence-electron chi connectivity index (χ2n) is 6.15. The first-order chi connectivity index (χ1) is 12.5. The lowest BCUT2D eigenvalue weighted by atomic mass is 9.96. The highest BCUT2D eigenvalue weighted by Gasteiger charge is 2.16. The molecule has 0 aliphatic rings. The van der Waals surface area contributed by atoms with Gasteiger partial charge in [0.05, 0.1) is 5.69 Å². The van der Waals surface area contributed by atoms with Crippen molar-refractivity contribution >= 4 is 5.91 Å². The zero-order valence-corrected chi connectivity index (χ0v) is 14.8. The molecular formula is C21H20FN3O. The van der Waals surface area contributed by atoms with Crippen molar-refractivity contribution in [3.05, 3.63) is 78.3 Å². The van der Waals surface area contributed by atoms with Gasteiger partial charge in [0.25, 0.3) is 0 Å². The maximum atomic E-state index is 14.9. The molecule has 1 heterocycles. The molecular weight excluding hydrogens is 329 g/mol. The average molecular weight is 349 g/mol. The van der Waals surface area contributed by atoms with Crippen molar-refractivity contribution in [2.75, 3.05) is 0 Å². The number of halogens is 1. The van der Waals surface area contributed by atoms with Crippen LogP contribution in [-0.2, 0) is 18.4 Å². The van der Waals surface area contributed by atoms with Crippen LogP contribution in [0.1, 0.15) is 11.1 Å². The summed E-state index contributed by atoms with van der Waals surface area (Å²) < 4.78 is 16.6. The van der Waals surface area contributed by atoms with E-state index in [9.17, 15) is 9.18 Å². The topological polar surface area (TPSA) is 46.9 Å². The zero-order valence-electron chi connectivity index (χ0n) is 14.8. The molecule has 3 aromatic rings. The van der Waals surface area contributed by atoms with Gasteiger partial charge in [-0.05, 0) is 42.3 Å². The molecule has 1 aromatic heterocycles. The molecule has 1 N–H and O–H groups in total. The fourth-order valence-electron chi connectivity index (χ4n) is 2.76. The van der Waals surface area contributed by atoms with Gasteiger partial charge >= 0.3 is 0 Å². The molecule has 1 amide bonds. The van der Waals surface area contributed by atoms with Crippen molar-refractivity contribution in [1.29, 1.82) is 0 Å². The molecule has 0 aliphatic carbocycles. The van der Waals surface area contributed by atoms with Crippen LogP contribution < -0.4 is 5.32 Å². The summed E-state index contributed by atoms with van der Waals surface area (Å²) in [5.41, 5.74) is 4.54. The van der Waals surface area contributed by atoms with Crippen molar-refractivity contribution in [2.45, 2.75) is 13.5 Å². The summed E-state index contributed by atoms with van der Waals surface area (Å²) in [6, 6.07) is 13.1. The fraction of sp³-hybridized carbons (Fsp3) is 0.143. The molecule has 0 saturated carbocycles.